The Hall–Kier alpha value is 0.970. The molecule has 0 spiro atoms. The number of thiol groups is 2. The van der Waals surface area contributed by atoms with Gasteiger partial charge in [-0.1, -0.05) is 44.9 Å². The van der Waals surface area contributed by atoms with E-state index >= 15 is 0 Å². The van der Waals surface area contributed by atoms with Crippen LogP contribution in [0.4, 0.5) is 0 Å². The number of hydrogen-bond acceptors (Lipinski definition) is 5. The highest BCUT2D eigenvalue weighted by Crippen LogP contribution is 2.32. The Morgan fingerprint density at radius 1 is 1.14 bits per heavy atom. The lowest BCUT2D eigenvalue weighted by molar-refractivity contribution is 0.237. The van der Waals surface area contributed by atoms with Crippen LogP contribution in [0.2, 0.25) is 0 Å². The summed E-state index contributed by atoms with van der Waals surface area (Å²) in [6.45, 7) is 4.46. The summed E-state index contributed by atoms with van der Waals surface area (Å²) in [6.07, 6.45) is 6.78. The Morgan fingerprint density at radius 3 is 2.14 bits per heavy atom. The van der Waals surface area contributed by atoms with E-state index in [2.05, 4.69) is 43.8 Å². The zero-order valence-corrected chi connectivity index (χ0v) is 11.5. The Morgan fingerprint density at radius 2 is 1.71 bits per heavy atom. The van der Waals surface area contributed by atoms with Crippen LogP contribution in [-0.2, 0) is 0 Å². The fourth-order valence-electron chi connectivity index (χ4n) is 2.00. The van der Waals surface area contributed by atoms with Crippen LogP contribution in [0.3, 0.4) is 0 Å². The maximum Gasteiger partial charge on any atom is 0.0314 e. The predicted octanol–water partition coefficient (Wildman–Crippen LogP) is 3.58. The third kappa shape index (κ3) is 4.23. The van der Waals surface area contributed by atoms with E-state index in [1.807, 2.05) is 0 Å². The van der Waals surface area contributed by atoms with Gasteiger partial charge in [-0.3, -0.25) is 0 Å². The third-order valence-electron chi connectivity index (χ3n) is 2.61. The zero-order chi connectivity index (χ0) is 10.6. The van der Waals surface area contributed by atoms with Crippen LogP contribution in [0.1, 0.15) is 46.0 Å². The third-order valence-corrected chi connectivity index (χ3v) is 4.10. The average molecular weight is 252 g/mol. The van der Waals surface area contributed by atoms with Crippen LogP contribution in [0.15, 0.2) is 0 Å². The van der Waals surface area contributed by atoms with Crippen molar-refractivity contribution in [3.05, 3.63) is 0 Å². The van der Waals surface area contributed by atoms with Crippen molar-refractivity contribution in [1.29, 1.82) is 0 Å². The summed E-state index contributed by atoms with van der Waals surface area (Å²) in [4.78, 5) is 0. The fourth-order valence-corrected chi connectivity index (χ4v) is 3.21. The van der Waals surface area contributed by atoms with E-state index in [0.29, 0.717) is 12.1 Å². The monoisotopic (exact) mass is 252 g/mol. The molecule has 0 amide bonds. The topological polar surface area (TPSA) is 6.48 Å². The molecule has 0 aliphatic heterocycles. The molecular formula is C9H20N2S3. The van der Waals surface area contributed by atoms with Crippen LogP contribution < -0.4 is 0 Å². The first-order valence-corrected chi connectivity index (χ1v) is 6.78. The number of nitrogens with zero attached hydrogens (tertiary/aromatic N) is 2. The predicted molar refractivity (Wildman–Crippen MR) is 71.3 cm³/mol. The van der Waals surface area contributed by atoms with Gasteiger partial charge in [-0.15, -0.1) is 3.12 Å². The second-order valence-electron chi connectivity index (χ2n) is 4.08. The van der Waals surface area contributed by atoms with E-state index in [1.54, 1.807) is 15.2 Å². The van der Waals surface area contributed by atoms with E-state index in [4.69, 9.17) is 0 Å². The molecule has 0 N–H and O–H groups in total. The molecule has 1 aliphatic carbocycles. The van der Waals surface area contributed by atoms with Crippen molar-refractivity contribution in [2.75, 3.05) is 0 Å². The van der Waals surface area contributed by atoms with Gasteiger partial charge >= 0.3 is 0 Å². The highest BCUT2D eigenvalue weighted by molar-refractivity contribution is 8.14. The lowest BCUT2D eigenvalue weighted by Crippen LogP contribution is -2.37. The Bertz CT molecular complexity index is 158. The van der Waals surface area contributed by atoms with Crippen molar-refractivity contribution < 1.29 is 0 Å². The molecule has 1 saturated carbocycles. The smallest absolute Gasteiger partial charge is 0.0314 e. The summed E-state index contributed by atoms with van der Waals surface area (Å²) < 4.78 is 4.01. The Kier molecular flexibility index (Phi) is 6.08. The maximum atomic E-state index is 4.17. The van der Waals surface area contributed by atoms with Crippen molar-refractivity contribution >= 4 is 37.8 Å². The zero-order valence-electron chi connectivity index (χ0n) is 8.89. The minimum atomic E-state index is 0.546. The quantitative estimate of drug-likeness (QED) is 0.584. The fraction of sp³-hybridized carbons (Fsp3) is 1.00. The van der Waals surface area contributed by atoms with Crippen LogP contribution >= 0.6 is 37.8 Å². The second-order valence-corrected chi connectivity index (χ2v) is 6.69. The molecule has 1 aliphatic rings. The van der Waals surface area contributed by atoms with E-state index in [1.165, 1.54) is 32.1 Å². The molecule has 1 fully saturated rings. The van der Waals surface area contributed by atoms with E-state index < -0.39 is 0 Å². The van der Waals surface area contributed by atoms with Crippen LogP contribution in [-0.4, -0.2) is 19.5 Å². The molecule has 0 atom stereocenters. The van der Waals surface area contributed by atoms with Crippen LogP contribution in [0.5, 0.6) is 0 Å². The number of hydrogen-bond donors (Lipinski definition) is 2. The normalized spacial score (nSPS) is 19.9. The maximum absolute atomic E-state index is 4.17. The summed E-state index contributed by atoms with van der Waals surface area (Å²) in [7, 11) is 0. The van der Waals surface area contributed by atoms with E-state index in [-0.39, 0.29) is 0 Å². The molecule has 0 aromatic rings. The molecule has 2 nitrogen and oxygen atoms in total. The van der Waals surface area contributed by atoms with Crippen LogP contribution in [0.25, 0.3) is 0 Å². The summed E-state index contributed by atoms with van der Waals surface area (Å²) >= 11 is 9.95. The van der Waals surface area contributed by atoms with Gasteiger partial charge in [0.15, 0.2) is 0 Å². The molecule has 0 radical (unpaired) electrons. The van der Waals surface area contributed by atoms with Gasteiger partial charge in [0, 0.05) is 24.2 Å². The van der Waals surface area contributed by atoms with Crippen molar-refractivity contribution in [1.82, 2.24) is 7.42 Å². The summed E-state index contributed by atoms with van der Waals surface area (Å²) in [6, 6.07) is 1.25. The Balaban J connectivity index is 2.47. The largest absolute Gasteiger partial charge is 0.230 e. The first-order chi connectivity index (χ1) is 6.61. The summed E-state index contributed by atoms with van der Waals surface area (Å²) in [5, 5.41) is 0. The minimum absolute atomic E-state index is 0.546. The lowest BCUT2D eigenvalue weighted by Gasteiger charge is -2.36. The summed E-state index contributed by atoms with van der Waals surface area (Å²) in [5.41, 5.74) is 0. The van der Waals surface area contributed by atoms with Gasteiger partial charge in [0.25, 0.3) is 0 Å². The van der Waals surface area contributed by atoms with Gasteiger partial charge in [-0.05, 0) is 26.7 Å². The molecule has 1 rings (SSSR count). The van der Waals surface area contributed by atoms with Gasteiger partial charge in [-0.25, -0.2) is 4.31 Å². The van der Waals surface area contributed by atoms with Gasteiger partial charge in [0.1, 0.15) is 0 Å². The van der Waals surface area contributed by atoms with Crippen molar-refractivity contribution in [2.24, 2.45) is 0 Å². The molecule has 0 bridgehead atoms. The molecular weight excluding hydrogens is 232 g/mol. The van der Waals surface area contributed by atoms with Gasteiger partial charge < -0.3 is 0 Å². The van der Waals surface area contributed by atoms with Crippen LogP contribution in [0, 0.1) is 0 Å². The highest BCUT2D eigenvalue weighted by Gasteiger charge is 2.24. The molecule has 14 heavy (non-hydrogen) atoms. The van der Waals surface area contributed by atoms with Crippen molar-refractivity contribution in [2.45, 2.75) is 58.0 Å². The summed E-state index contributed by atoms with van der Waals surface area (Å²) in [5.74, 6) is 0. The first kappa shape index (κ1) is 13.0. The molecule has 0 aromatic heterocycles. The molecule has 84 valence electrons. The molecule has 0 unspecified atom stereocenters. The first-order valence-electron chi connectivity index (χ1n) is 5.25. The van der Waals surface area contributed by atoms with E-state index in [9.17, 15) is 0 Å². The lowest BCUT2D eigenvalue weighted by atomic mass is 9.95. The average Bonchev–Trinajstić information content (AvgIpc) is 2.15. The molecule has 0 saturated heterocycles. The molecule has 5 heteroatoms. The van der Waals surface area contributed by atoms with E-state index in [0.717, 1.165) is 0 Å². The van der Waals surface area contributed by atoms with Gasteiger partial charge in [-0.2, -0.15) is 0 Å². The molecule has 0 aromatic carbocycles. The van der Waals surface area contributed by atoms with Crippen molar-refractivity contribution in [3.63, 3.8) is 0 Å². The van der Waals surface area contributed by atoms with Crippen molar-refractivity contribution in [3.8, 4) is 0 Å². The Labute approximate surface area is 103 Å². The number of rotatable bonds is 4. The van der Waals surface area contributed by atoms with Gasteiger partial charge in [0.2, 0.25) is 0 Å². The highest BCUT2D eigenvalue weighted by atomic mass is 32.3. The second kappa shape index (κ2) is 6.53. The SMILES string of the molecule is CC(C)N(SN(S)S)C1CCCCC1. The standard InChI is InChI=1S/C9H20N2S3/c1-8(2)10(14-11(12)13)9-6-4-3-5-7-9/h8-9,12-13H,3-7H2,1-2H3. The molecule has 0 heterocycles. The van der Waals surface area contributed by atoms with Gasteiger partial charge in [0.05, 0.1) is 0 Å². The minimum Gasteiger partial charge on any atom is -0.230 e.